The first-order valence-corrected chi connectivity index (χ1v) is 7.15. The van der Waals surface area contributed by atoms with Gasteiger partial charge >= 0.3 is 0 Å². The van der Waals surface area contributed by atoms with Crippen molar-refractivity contribution in [1.29, 1.82) is 0 Å². The van der Waals surface area contributed by atoms with Crippen LogP contribution in [0.15, 0.2) is 0 Å². The van der Waals surface area contributed by atoms with Crippen LogP contribution >= 0.6 is 0 Å². The van der Waals surface area contributed by atoms with Crippen molar-refractivity contribution in [2.24, 2.45) is 5.92 Å². The number of ether oxygens (including phenoxy) is 1. The number of aliphatic hydroxyl groups is 1. The van der Waals surface area contributed by atoms with E-state index in [9.17, 15) is 5.11 Å². The topological polar surface area (TPSA) is 35.9 Å². The molecule has 2 aliphatic rings. The highest BCUT2D eigenvalue weighted by Crippen LogP contribution is 2.36. The second kappa shape index (κ2) is 5.87. The monoisotopic (exact) mass is 256 g/mol. The van der Waals surface area contributed by atoms with Gasteiger partial charge in [-0.3, -0.25) is 0 Å². The van der Waals surface area contributed by atoms with E-state index in [1.165, 1.54) is 19.3 Å². The van der Waals surface area contributed by atoms with Crippen molar-refractivity contribution in [1.82, 2.24) is 9.80 Å². The Labute approximate surface area is 111 Å². The van der Waals surface area contributed by atoms with Gasteiger partial charge in [-0.1, -0.05) is 0 Å². The van der Waals surface area contributed by atoms with Crippen LogP contribution in [-0.2, 0) is 4.74 Å². The summed E-state index contributed by atoms with van der Waals surface area (Å²) in [6.07, 6.45) is 4.55. The van der Waals surface area contributed by atoms with Crippen LogP contribution in [0.2, 0.25) is 0 Å². The third-order valence-electron chi connectivity index (χ3n) is 4.78. The maximum Gasteiger partial charge on any atom is 0.0624 e. The summed E-state index contributed by atoms with van der Waals surface area (Å²) < 4.78 is 5.47. The molecule has 1 heterocycles. The maximum absolute atomic E-state index is 9.98. The average Bonchev–Trinajstić information content (AvgIpc) is 2.26. The van der Waals surface area contributed by atoms with Gasteiger partial charge in [0.2, 0.25) is 0 Å². The molecular formula is C14H28N2O2. The first-order chi connectivity index (χ1) is 8.53. The van der Waals surface area contributed by atoms with Crippen LogP contribution in [0.4, 0.5) is 0 Å². The third kappa shape index (κ3) is 3.05. The van der Waals surface area contributed by atoms with Crippen LogP contribution in [-0.4, -0.2) is 74.0 Å². The summed E-state index contributed by atoms with van der Waals surface area (Å²) in [6, 6.07) is 0. The molecule has 1 N–H and O–H groups in total. The van der Waals surface area contributed by atoms with E-state index in [-0.39, 0.29) is 12.0 Å². The van der Waals surface area contributed by atoms with Gasteiger partial charge in [0.15, 0.2) is 0 Å². The maximum atomic E-state index is 9.98. The predicted octanol–water partition coefficient (Wildman–Crippen LogP) is 0.800. The second-order valence-corrected chi connectivity index (χ2v) is 6.36. The standard InChI is InChI=1S/C14H28N2O2/c1-15(2)14(6-4-7-14)11-16(3)9-12-10-18-8-5-13(12)17/h12-13,17H,4-11H2,1-3H3. The van der Waals surface area contributed by atoms with Gasteiger partial charge in [0.1, 0.15) is 0 Å². The highest BCUT2D eigenvalue weighted by molar-refractivity contribution is 4.98. The summed E-state index contributed by atoms with van der Waals surface area (Å²) in [6.45, 7) is 3.46. The largest absolute Gasteiger partial charge is 0.393 e. The van der Waals surface area contributed by atoms with Gasteiger partial charge in [0, 0.05) is 31.2 Å². The van der Waals surface area contributed by atoms with Gasteiger partial charge in [-0.05, 0) is 46.8 Å². The fraction of sp³-hybridized carbons (Fsp3) is 1.00. The van der Waals surface area contributed by atoms with Gasteiger partial charge in [0.25, 0.3) is 0 Å². The van der Waals surface area contributed by atoms with Crippen molar-refractivity contribution in [3.63, 3.8) is 0 Å². The van der Waals surface area contributed by atoms with Gasteiger partial charge in [-0.25, -0.2) is 0 Å². The summed E-state index contributed by atoms with van der Waals surface area (Å²) in [7, 11) is 6.54. The van der Waals surface area contributed by atoms with Crippen LogP contribution in [0.1, 0.15) is 25.7 Å². The Morgan fingerprint density at radius 1 is 1.28 bits per heavy atom. The summed E-state index contributed by atoms with van der Waals surface area (Å²) in [5, 5.41) is 9.98. The lowest BCUT2D eigenvalue weighted by molar-refractivity contribution is -0.0524. The number of hydrogen-bond donors (Lipinski definition) is 1. The lowest BCUT2D eigenvalue weighted by Crippen LogP contribution is -2.57. The van der Waals surface area contributed by atoms with Gasteiger partial charge in [0.05, 0.1) is 12.7 Å². The Bertz CT molecular complexity index is 267. The second-order valence-electron chi connectivity index (χ2n) is 6.36. The fourth-order valence-electron chi connectivity index (χ4n) is 3.26. The predicted molar refractivity (Wildman–Crippen MR) is 72.7 cm³/mol. The quantitative estimate of drug-likeness (QED) is 0.789. The zero-order valence-corrected chi connectivity index (χ0v) is 12.1. The molecule has 1 saturated heterocycles. The molecular weight excluding hydrogens is 228 g/mol. The molecule has 0 aromatic carbocycles. The minimum atomic E-state index is -0.183. The van der Waals surface area contributed by atoms with Crippen molar-refractivity contribution < 1.29 is 9.84 Å². The molecule has 1 aliphatic carbocycles. The molecule has 0 aromatic heterocycles. The number of hydrogen-bond acceptors (Lipinski definition) is 4. The fourth-order valence-corrected chi connectivity index (χ4v) is 3.26. The van der Waals surface area contributed by atoms with Crippen molar-refractivity contribution in [2.75, 3.05) is 47.4 Å². The van der Waals surface area contributed by atoms with Crippen molar-refractivity contribution in [2.45, 2.75) is 37.3 Å². The van der Waals surface area contributed by atoms with Crippen LogP contribution in [0.25, 0.3) is 0 Å². The number of likely N-dealkylation sites (N-methyl/N-ethyl adjacent to an activating group) is 2. The van der Waals surface area contributed by atoms with Crippen LogP contribution in [0, 0.1) is 5.92 Å². The summed E-state index contributed by atoms with van der Waals surface area (Å²) >= 11 is 0. The lowest BCUT2D eigenvalue weighted by Gasteiger charge is -2.49. The number of aliphatic hydroxyl groups excluding tert-OH is 1. The normalized spacial score (nSPS) is 31.7. The Hall–Kier alpha value is -0.160. The summed E-state index contributed by atoms with van der Waals surface area (Å²) in [5.41, 5.74) is 0.370. The van der Waals surface area contributed by atoms with Crippen LogP contribution in [0.3, 0.4) is 0 Å². The van der Waals surface area contributed by atoms with Crippen molar-refractivity contribution in [3.8, 4) is 0 Å². The summed E-state index contributed by atoms with van der Waals surface area (Å²) in [4.78, 5) is 4.75. The molecule has 0 radical (unpaired) electrons. The van der Waals surface area contributed by atoms with Crippen molar-refractivity contribution in [3.05, 3.63) is 0 Å². The molecule has 106 valence electrons. The van der Waals surface area contributed by atoms with Gasteiger partial charge < -0.3 is 19.6 Å². The molecule has 2 fully saturated rings. The Morgan fingerprint density at radius 2 is 2.00 bits per heavy atom. The van der Waals surface area contributed by atoms with E-state index < -0.39 is 0 Å². The van der Waals surface area contributed by atoms with E-state index in [0.717, 1.165) is 19.5 Å². The van der Waals surface area contributed by atoms with E-state index >= 15 is 0 Å². The minimum absolute atomic E-state index is 0.183. The molecule has 0 aromatic rings. The average molecular weight is 256 g/mol. The molecule has 2 atom stereocenters. The SMILES string of the molecule is CN(CC1COCCC1O)CC1(N(C)C)CCC1. The van der Waals surface area contributed by atoms with E-state index in [4.69, 9.17) is 4.74 Å². The minimum Gasteiger partial charge on any atom is -0.393 e. The Kier molecular flexibility index (Phi) is 4.64. The first-order valence-electron chi connectivity index (χ1n) is 7.15. The molecule has 0 spiro atoms. The summed E-state index contributed by atoms with van der Waals surface area (Å²) in [5.74, 6) is 0.281. The molecule has 2 rings (SSSR count). The van der Waals surface area contributed by atoms with Crippen LogP contribution < -0.4 is 0 Å². The number of rotatable bonds is 5. The zero-order valence-electron chi connectivity index (χ0n) is 12.1. The molecule has 1 saturated carbocycles. The van der Waals surface area contributed by atoms with Crippen molar-refractivity contribution >= 4 is 0 Å². The van der Waals surface area contributed by atoms with E-state index in [1.54, 1.807) is 0 Å². The molecule has 4 heteroatoms. The van der Waals surface area contributed by atoms with Crippen LogP contribution in [0.5, 0.6) is 0 Å². The molecule has 0 bridgehead atoms. The molecule has 1 aliphatic heterocycles. The molecule has 18 heavy (non-hydrogen) atoms. The lowest BCUT2D eigenvalue weighted by atomic mass is 9.75. The Morgan fingerprint density at radius 3 is 2.50 bits per heavy atom. The third-order valence-corrected chi connectivity index (χ3v) is 4.78. The number of nitrogens with zero attached hydrogens (tertiary/aromatic N) is 2. The van der Waals surface area contributed by atoms with E-state index in [1.807, 2.05) is 0 Å². The van der Waals surface area contributed by atoms with Gasteiger partial charge in [-0.15, -0.1) is 0 Å². The highest BCUT2D eigenvalue weighted by atomic mass is 16.5. The molecule has 0 amide bonds. The Balaban J connectivity index is 1.82. The molecule has 4 nitrogen and oxygen atoms in total. The van der Waals surface area contributed by atoms with Gasteiger partial charge in [-0.2, -0.15) is 0 Å². The smallest absolute Gasteiger partial charge is 0.0624 e. The van der Waals surface area contributed by atoms with E-state index in [2.05, 4.69) is 30.9 Å². The van der Waals surface area contributed by atoms with E-state index in [0.29, 0.717) is 18.8 Å². The molecule has 2 unspecified atom stereocenters. The first kappa shape index (κ1) is 14.3. The zero-order chi connectivity index (χ0) is 13.2. The highest BCUT2D eigenvalue weighted by Gasteiger charge is 2.40.